The second-order valence-electron chi connectivity index (χ2n) is 4.18. The molecule has 0 saturated carbocycles. The van der Waals surface area contributed by atoms with Crippen molar-refractivity contribution in [2.45, 2.75) is 40.5 Å². The Bertz CT molecular complexity index is 381. The number of benzene rings is 1. The topological polar surface area (TPSA) is 26.3 Å². The molecule has 0 aliphatic carbocycles. The highest BCUT2D eigenvalue weighted by molar-refractivity contribution is 5.75. The fourth-order valence-corrected chi connectivity index (χ4v) is 1.74. The van der Waals surface area contributed by atoms with Crippen LogP contribution >= 0.6 is 0 Å². The number of hydrogen-bond donors (Lipinski definition) is 0. The number of carbonyl (C=O) groups is 1. The molecule has 1 aromatic rings. The van der Waals surface area contributed by atoms with Gasteiger partial charge in [-0.1, -0.05) is 6.07 Å². The zero-order valence-corrected chi connectivity index (χ0v) is 10.6. The van der Waals surface area contributed by atoms with E-state index in [9.17, 15) is 4.79 Å². The number of rotatable bonds is 5. The molecule has 0 atom stereocenters. The van der Waals surface area contributed by atoms with Crippen LogP contribution in [0.15, 0.2) is 12.1 Å². The number of Topliss-reactive ketones (excluding diaryl/α,β-unsaturated/α-hetero) is 1. The summed E-state index contributed by atoms with van der Waals surface area (Å²) in [6.45, 7) is 8.42. The second kappa shape index (κ2) is 5.69. The summed E-state index contributed by atoms with van der Waals surface area (Å²) in [6, 6.07) is 4.19. The van der Waals surface area contributed by atoms with Crippen LogP contribution in [0.2, 0.25) is 0 Å². The van der Waals surface area contributed by atoms with Gasteiger partial charge in [-0.05, 0) is 56.9 Å². The van der Waals surface area contributed by atoms with Crippen molar-refractivity contribution in [3.8, 4) is 5.75 Å². The molecule has 2 heteroatoms. The molecule has 0 heterocycles. The molecule has 0 bridgehead atoms. The maximum absolute atomic E-state index is 11.0. The molecule has 1 rings (SSSR count). The number of ketones is 1. The van der Waals surface area contributed by atoms with Crippen molar-refractivity contribution in [2.75, 3.05) is 6.61 Å². The van der Waals surface area contributed by atoms with E-state index in [-0.39, 0.29) is 5.78 Å². The summed E-state index contributed by atoms with van der Waals surface area (Å²) in [7, 11) is 0. The van der Waals surface area contributed by atoms with Gasteiger partial charge in [0.25, 0.3) is 0 Å². The van der Waals surface area contributed by atoms with Crippen LogP contribution in [0.3, 0.4) is 0 Å². The van der Waals surface area contributed by atoms with Gasteiger partial charge in [-0.25, -0.2) is 0 Å². The molecule has 0 amide bonds. The molecular weight excluding hydrogens is 200 g/mol. The Morgan fingerprint density at radius 2 is 1.94 bits per heavy atom. The highest BCUT2D eigenvalue weighted by Crippen LogP contribution is 2.23. The quantitative estimate of drug-likeness (QED) is 0.761. The molecule has 16 heavy (non-hydrogen) atoms. The van der Waals surface area contributed by atoms with Gasteiger partial charge in [-0.15, -0.1) is 0 Å². The molecule has 0 N–H and O–H groups in total. The van der Waals surface area contributed by atoms with Crippen molar-refractivity contribution in [1.82, 2.24) is 0 Å². The van der Waals surface area contributed by atoms with E-state index in [2.05, 4.69) is 19.1 Å². The van der Waals surface area contributed by atoms with E-state index < -0.39 is 0 Å². The summed E-state index contributed by atoms with van der Waals surface area (Å²) in [5, 5.41) is 0. The van der Waals surface area contributed by atoms with Crippen molar-refractivity contribution in [3.05, 3.63) is 28.8 Å². The third kappa shape index (κ3) is 3.37. The Morgan fingerprint density at radius 1 is 1.25 bits per heavy atom. The lowest BCUT2D eigenvalue weighted by Crippen LogP contribution is -2.00. The molecule has 0 unspecified atom stereocenters. The predicted molar refractivity (Wildman–Crippen MR) is 66.1 cm³/mol. The second-order valence-corrected chi connectivity index (χ2v) is 4.18. The van der Waals surface area contributed by atoms with Gasteiger partial charge in [0.15, 0.2) is 0 Å². The molecule has 0 saturated heterocycles. The Morgan fingerprint density at radius 3 is 2.50 bits per heavy atom. The lowest BCUT2D eigenvalue weighted by atomic mass is 10.00. The minimum absolute atomic E-state index is 0.242. The molecular formula is C14H20O2. The van der Waals surface area contributed by atoms with Crippen LogP contribution in [0.1, 0.15) is 37.0 Å². The first-order chi connectivity index (χ1) is 7.54. The fraction of sp³-hybridized carbons (Fsp3) is 0.500. The Hall–Kier alpha value is -1.31. The van der Waals surface area contributed by atoms with Crippen LogP contribution in [0, 0.1) is 13.8 Å². The van der Waals surface area contributed by atoms with Gasteiger partial charge in [0.1, 0.15) is 11.5 Å². The summed E-state index contributed by atoms with van der Waals surface area (Å²) < 4.78 is 5.53. The minimum atomic E-state index is 0.242. The predicted octanol–water partition coefficient (Wildman–Crippen LogP) is 3.22. The summed E-state index contributed by atoms with van der Waals surface area (Å²) in [5.41, 5.74) is 3.59. The van der Waals surface area contributed by atoms with Crippen molar-refractivity contribution in [2.24, 2.45) is 0 Å². The van der Waals surface area contributed by atoms with Gasteiger partial charge >= 0.3 is 0 Å². The van der Waals surface area contributed by atoms with E-state index in [1.165, 1.54) is 11.1 Å². The van der Waals surface area contributed by atoms with E-state index in [1.807, 2.05) is 13.8 Å². The van der Waals surface area contributed by atoms with Crippen LogP contribution < -0.4 is 4.74 Å². The largest absolute Gasteiger partial charge is 0.494 e. The maximum Gasteiger partial charge on any atom is 0.130 e. The summed E-state index contributed by atoms with van der Waals surface area (Å²) in [6.07, 6.45) is 1.45. The van der Waals surface area contributed by atoms with E-state index in [4.69, 9.17) is 4.74 Å². The average molecular weight is 220 g/mol. The average Bonchev–Trinajstić information content (AvgIpc) is 2.21. The number of aryl methyl sites for hydroxylation is 3. The van der Waals surface area contributed by atoms with Gasteiger partial charge in [0, 0.05) is 6.42 Å². The molecule has 0 aliphatic rings. The zero-order valence-electron chi connectivity index (χ0n) is 10.6. The lowest BCUT2D eigenvalue weighted by molar-refractivity contribution is -0.116. The Labute approximate surface area is 97.6 Å². The third-order valence-corrected chi connectivity index (χ3v) is 2.68. The smallest absolute Gasteiger partial charge is 0.130 e. The van der Waals surface area contributed by atoms with Crippen LogP contribution in [-0.4, -0.2) is 12.4 Å². The van der Waals surface area contributed by atoms with E-state index in [1.54, 1.807) is 6.92 Å². The van der Waals surface area contributed by atoms with Gasteiger partial charge in [0.05, 0.1) is 6.61 Å². The first-order valence-corrected chi connectivity index (χ1v) is 5.77. The van der Waals surface area contributed by atoms with Crippen LogP contribution in [0.5, 0.6) is 5.75 Å². The zero-order chi connectivity index (χ0) is 12.1. The van der Waals surface area contributed by atoms with E-state index >= 15 is 0 Å². The third-order valence-electron chi connectivity index (χ3n) is 2.68. The number of ether oxygens (including phenoxy) is 1. The molecule has 2 nitrogen and oxygen atoms in total. The first-order valence-electron chi connectivity index (χ1n) is 5.77. The molecule has 0 fully saturated rings. The Kier molecular flexibility index (Phi) is 4.53. The number of hydrogen-bond acceptors (Lipinski definition) is 2. The monoisotopic (exact) mass is 220 g/mol. The highest BCUT2D eigenvalue weighted by atomic mass is 16.5. The standard InChI is InChI=1S/C14H20O2/c1-5-16-14-9-10(2)13(8-11(14)3)7-6-12(4)15/h8-9H,5-7H2,1-4H3. The SMILES string of the molecule is CCOc1cc(C)c(CCC(C)=O)cc1C. The van der Waals surface area contributed by atoms with Gasteiger partial charge in [-0.3, -0.25) is 0 Å². The van der Waals surface area contributed by atoms with Crippen molar-refractivity contribution in [3.63, 3.8) is 0 Å². The number of carbonyl (C=O) groups excluding carboxylic acids is 1. The maximum atomic E-state index is 11.0. The highest BCUT2D eigenvalue weighted by Gasteiger charge is 2.06. The van der Waals surface area contributed by atoms with Crippen LogP contribution in [0.25, 0.3) is 0 Å². The lowest BCUT2D eigenvalue weighted by Gasteiger charge is -2.12. The summed E-state index contributed by atoms with van der Waals surface area (Å²) >= 11 is 0. The van der Waals surface area contributed by atoms with Crippen LogP contribution in [0.4, 0.5) is 0 Å². The fourth-order valence-electron chi connectivity index (χ4n) is 1.74. The molecule has 0 aliphatic heterocycles. The van der Waals surface area contributed by atoms with Crippen molar-refractivity contribution in [1.29, 1.82) is 0 Å². The van der Waals surface area contributed by atoms with Crippen LogP contribution in [-0.2, 0) is 11.2 Å². The Balaban J connectivity index is 2.87. The van der Waals surface area contributed by atoms with Crippen molar-refractivity contribution >= 4 is 5.78 Å². The molecule has 88 valence electrons. The summed E-state index contributed by atoms with van der Waals surface area (Å²) in [4.78, 5) is 11.0. The first kappa shape index (κ1) is 12.8. The summed E-state index contributed by atoms with van der Waals surface area (Å²) in [5.74, 6) is 1.19. The van der Waals surface area contributed by atoms with Gasteiger partial charge in [-0.2, -0.15) is 0 Å². The molecule has 0 aromatic heterocycles. The normalized spacial score (nSPS) is 10.2. The molecule has 0 spiro atoms. The molecule has 1 aromatic carbocycles. The van der Waals surface area contributed by atoms with E-state index in [0.29, 0.717) is 13.0 Å². The van der Waals surface area contributed by atoms with Gasteiger partial charge < -0.3 is 9.53 Å². The van der Waals surface area contributed by atoms with E-state index in [0.717, 1.165) is 17.7 Å². The van der Waals surface area contributed by atoms with Gasteiger partial charge in [0.2, 0.25) is 0 Å². The van der Waals surface area contributed by atoms with Crippen molar-refractivity contribution < 1.29 is 9.53 Å². The minimum Gasteiger partial charge on any atom is -0.494 e. The molecule has 0 radical (unpaired) electrons.